The Balaban J connectivity index is 2.02. The van der Waals surface area contributed by atoms with E-state index in [1.807, 2.05) is 29.6 Å². The number of aromatic nitrogens is 2. The first-order chi connectivity index (χ1) is 8.33. The van der Waals surface area contributed by atoms with Crippen molar-refractivity contribution in [1.82, 2.24) is 9.97 Å². The average Bonchev–Trinajstić information content (AvgIpc) is 2.78. The molecule has 0 radical (unpaired) electrons. The van der Waals surface area contributed by atoms with E-state index in [1.54, 1.807) is 17.4 Å². The van der Waals surface area contributed by atoms with Gasteiger partial charge in [-0.05, 0) is 23.6 Å². The SMILES string of the molecule is Nc1cccc(Oc2ncnc3ccsc23)c1. The molecule has 0 amide bonds. The molecule has 0 bridgehead atoms. The quantitative estimate of drug-likeness (QED) is 0.703. The highest BCUT2D eigenvalue weighted by Gasteiger charge is 2.07. The van der Waals surface area contributed by atoms with Gasteiger partial charge < -0.3 is 10.5 Å². The van der Waals surface area contributed by atoms with Crippen molar-refractivity contribution in [2.24, 2.45) is 0 Å². The number of nitrogens with zero attached hydrogens (tertiary/aromatic N) is 2. The number of ether oxygens (including phenoxy) is 1. The molecule has 3 aromatic rings. The summed E-state index contributed by atoms with van der Waals surface area (Å²) in [6.07, 6.45) is 1.50. The predicted molar refractivity (Wildman–Crippen MR) is 68.3 cm³/mol. The van der Waals surface area contributed by atoms with Gasteiger partial charge in [0, 0.05) is 11.8 Å². The Morgan fingerprint density at radius 3 is 3.00 bits per heavy atom. The highest BCUT2D eigenvalue weighted by molar-refractivity contribution is 7.17. The maximum absolute atomic E-state index is 5.71. The molecule has 2 heterocycles. The predicted octanol–water partition coefficient (Wildman–Crippen LogP) is 3.07. The van der Waals surface area contributed by atoms with Gasteiger partial charge in [-0.1, -0.05) is 6.07 Å². The van der Waals surface area contributed by atoms with Gasteiger partial charge in [0.1, 0.15) is 16.8 Å². The summed E-state index contributed by atoms with van der Waals surface area (Å²) in [5.74, 6) is 1.24. The minimum atomic E-state index is 0.565. The topological polar surface area (TPSA) is 61.0 Å². The minimum absolute atomic E-state index is 0.565. The second kappa shape index (κ2) is 4.03. The molecule has 3 rings (SSSR count). The summed E-state index contributed by atoms with van der Waals surface area (Å²) < 4.78 is 6.65. The molecule has 5 heteroatoms. The Bertz CT molecular complexity index is 665. The van der Waals surface area contributed by atoms with Crippen molar-refractivity contribution >= 4 is 27.2 Å². The molecule has 0 aliphatic heterocycles. The van der Waals surface area contributed by atoms with Crippen LogP contribution in [-0.4, -0.2) is 9.97 Å². The lowest BCUT2D eigenvalue weighted by Gasteiger charge is -2.05. The van der Waals surface area contributed by atoms with E-state index in [1.165, 1.54) is 6.33 Å². The molecule has 0 atom stereocenters. The summed E-state index contributed by atoms with van der Waals surface area (Å²) in [7, 11) is 0. The molecule has 0 aliphatic carbocycles. The Labute approximate surface area is 102 Å². The molecular formula is C12H9N3OS. The Morgan fingerprint density at radius 2 is 2.12 bits per heavy atom. The molecule has 17 heavy (non-hydrogen) atoms. The highest BCUT2D eigenvalue weighted by atomic mass is 32.1. The van der Waals surface area contributed by atoms with Crippen LogP contribution < -0.4 is 10.5 Å². The molecule has 0 unspecified atom stereocenters. The third-order valence-corrected chi connectivity index (χ3v) is 3.17. The number of hydrogen-bond donors (Lipinski definition) is 1. The minimum Gasteiger partial charge on any atom is -0.437 e. The summed E-state index contributed by atoms with van der Waals surface area (Å²) in [5, 5.41) is 1.96. The zero-order valence-corrected chi connectivity index (χ0v) is 9.65. The number of fused-ring (bicyclic) bond motifs is 1. The molecule has 1 aromatic carbocycles. The van der Waals surface area contributed by atoms with Crippen molar-refractivity contribution in [3.63, 3.8) is 0 Å². The van der Waals surface area contributed by atoms with Crippen molar-refractivity contribution in [1.29, 1.82) is 0 Å². The number of nitrogens with two attached hydrogens (primary N) is 1. The van der Waals surface area contributed by atoms with Crippen LogP contribution in [0, 0.1) is 0 Å². The van der Waals surface area contributed by atoms with Crippen LogP contribution in [0.1, 0.15) is 0 Å². The first-order valence-electron chi connectivity index (χ1n) is 5.04. The monoisotopic (exact) mass is 243 g/mol. The van der Waals surface area contributed by atoms with E-state index in [2.05, 4.69) is 9.97 Å². The van der Waals surface area contributed by atoms with E-state index >= 15 is 0 Å². The first-order valence-corrected chi connectivity index (χ1v) is 5.92. The lowest BCUT2D eigenvalue weighted by Crippen LogP contribution is -1.90. The van der Waals surface area contributed by atoms with Gasteiger partial charge in [-0.15, -0.1) is 11.3 Å². The summed E-state index contributed by atoms with van der Waals surface area (Å²) >= 11 is 1.56. The lowest BCUT2D eigenvalue weighted by molar-refractivity contribution is 0.469. The molecular weight excluding hydrogens is 234 g/mol. The van der Waals surface area contributed by atoms with Gasteiger partial charge in [0.25, 0.3) is 0 Å². The van der Waals surface area contributed by atoms with Gasteiger partial charge >= 0.3 is 0 Å². The van der Waals surface area contributed by atoms with Crippen LogP contribution in [0.25, 0.3) is 10.2 Å². The highest BCUT2D eigenvalue weighted by Crippen LogP contribution is 2.30. The van der Waals surface area contributed by atoms with E-state index < -0.39 is 0 Å². The van der Waals surface area contributed by atoms with Crippen LogP contribution in [0.15, 0.2) is 42.0 Å². The average molecular weight is 243 g/mol. The molecule has 2 N–H and O–H groups in total. The number of thiophene rings is 1. The fourth-order valence-electron chi connectivity index (χ4n) is 1.53. The van der Waals surface area contributed by atoms with Gasteiger partial charge in [-0.2, -0.15) is 0 Å². The molecule has 0 fully saturated rings. The fraction of sp³-hybridized carbons (Fsp3) is 0. The molecule has 0 saturated heterocycles. The van der Waals surface area contributed by atoms with Crippen LogP contribution in [0.2, 0.25) is 0 Å². The number of rotatable bonds is 2. The third-order valence-electron chi connectivity index (χ3n) is 2.28. The normalized spacial score (nSPS) is 10.6. The summed E-state index contributed by atoms with van der Waals surface area (Å²) in [6, 6.07) is 9.21. The molecule has 0 aliphatic rings. The van der Waals surface area contributed by atoms with E-state index in [4.69, 9.17) is 10.5 Å². The molecule has 0 saturated carbocycles. The standard InChI is InChI=1S/C12H9N3OS/c13-8-2-1-3-9(6-8)16-12-11-10(4-5-17-11)14-7-15-12/h1-7H,13H2. The Kier molecular flexibility index (Phi) is 2.38. The zero-order valence-electron chi connectivity index (χ0n) is 8.83. The first kappa shape index (κ1) is 10.0. The Hall–Kier alpha value is -2.14. The van der Waals surface area contributed by atoms with Crippen LogP contribution in [0.5, 0.6) is 11.6 Å². The number of anilines is 1. The molecule has 84 valence electrons. The van der Waals surface area contributed by atoms with Crippen LogP contribution in [-0.2, 0) is 0 Å². The van der Waals surface area contributed by atoms with Crippen LogP contribution in [0.4, 0.5) is 5.69 Å². The maximum Gasteiger partial charge on any atom is 0.240 e. The van der Waals surface area contributed by atoms with Gasteiger partial charge in [-0.25, -0.2) is 9.97 Å². The Morgan fingerprint density at radius 1 is 1.18 bits per heavy atom. The van der Waals surface area contributed by atoms with Gasteiger partial charge in [0.05, 0.1) is 5.52 Å². The second-order valence-electron chi connectivity index (χ2n) is 3.49. The van der Waals surface area contributed by atoms with Crippen molar-refractivity contribution in [2.45, 2.75) is 0 Å². The van der Waals surface area contributed by atoms with E-state index in [9.17, 15) is 0 Å². The fourth-order valence-corrected chi connectivity index (χ4v) is 2.30. The largest absolute Gasteiger partial charge is 0.437 e. The maximum atomic E-state index is 5.71. The van der Waals surface area contributed by atoms with E-state index in [0.29, 0.717) is 17.3 Å². The summed E-state index contributed by atoms with van der Waals surface area (Å²) in [6.45, 7) is 0. The molecule has 4 nitrogen and oxygen atoms in total. The summed E-state index contributed by atoms with van der Waals surface area (Å²) in [4.78, 5) is 8.30. The molecule has 2 aromatic heterocycles. The number of hydrogen-bond acceptors (Lipinski definition) is 5. The van der Waals surface area contributed by atoms with E-state index in [0.717, 1.165) is 10.2 Å². The third kappa shape index (κ3) is 1.92. The van der Waals surface area contributed by atoms with E-state index in [-0.39, 0.29) is 0 Å². The summed E-state index contributed by atoms with van der Waals surface area (Å²) in [5.41, 5.74) is 7.25. The van der Waals surface area contributed by atoms with Gasteiger partial charge in [0.15, 0.2) is 0 Å². The zero-order chi connectivity index (χ0) is 11.7. The lowest BCUT2D eigenvalue weighted by atomic mass is 10.3. The van der Waals surface area contributed by atoms with Crippen molar-refractivity contribution in [3.8, 4) is 11.6 Å². The second-order valence-corrected chi connectivity index (χ2v) is 4.40. The van der Waals surface area contributed by atoms with Crippen LogP contribution in [0.3, 0.4) is 0 Å². The smallest absolute Gasteiger partial charge is 0.240 e. The van der Waals surface area contributed by atoms with Crippen molar-refractivity contribution < 1.29 is 4.74 Å². The van der Waals surface area contributed by atoms with Gasteiger partial charge in [-0.3, -0.25) is 0 Å². The van der Waals surface area contributed by atoms with Crippen molar-refractivity contribution in [3.05, 3.63) is 42.0 Å². The molecule has 0 spiro atoms. The number of nitrogen functional groups attached to an aromatic ring is 1. The number of benzene rings is 1. The van der Waals surface area contributed by atoms with Gasteiger partial charge in [0.2, 0.25) is 5.88 Å². The van der Waals surface area contributed by atoms with Crippen molar-refractivity contribution in [2.75, 3.05) is 5.73 Å². The van der Waals surface area contributed by atoms with Crippen LogP contribution >= 0.6 is 11.3 Å².